The molecule has 1 heterocycles. The number of nitrogens with zero attached hydrogens (tertiary/aromatic N) is 1. The van der Waals surface area contributed by atoms with Gasteiger partial charge in [-0.15, -0.1) is 0 Å². The fourth-order valence-corrected chi connectivity index (χ4v) is 3.10. The summed E-state index contributed by atoms with van der Waals surface area (Å²) in [5.41, 5.74) is 2.52. The second-order valence-corrected chi connectivity index (χ2v) is 6.11. The molecule has 1 aliphatic rings. The Kier molecular flexibility index (Phi) is 5.92. The van der Waals surface area contributed by atoms with Crippen LogP contribution in [-0.4, -0.2) is 37.7 Å². The molecule has 1 amide bonds. The number of carbonyl (C=O) groups excluding carboxylic acids is 1. The number of para-hydroxylation sites is 1. The summed E-state index contributed by atoms with van der Waals surface area (Å²) in [6.07, 6.45) is 2.24. The summed E-state index contributed by atoms with van der Waals surface area (Å²) >= 11 is 0. The van der Waals surface area contributed by atoms with Crippen LogP contribution in [0.4, 0.5) is 5.69 Å². The van der Waals surface area contributed by atoms with Crippen LogP contribution in [0, 0.1) is 0 Å². The Morgan fingerprint density at radius 2 is 2.08 bits per heavy atom. The molecule has 2 aromatic carbocycles. The fraction of sp³-hybridized carbons (Fsp3) is 0.286. The third kappa shape index (κ3) is 3.89. The Balaban J connectivity index is 1.91. The normalized spacial score (nSPS) is 16.0. The van der Waals surface area contributed by atoms with Gasteiger partial charge in [0.15, 0.2) is 0 Å². The van der Waals surface area contributed by atoms with Crippen molar-refractivity contribution in [3.63, 3.8) is 0 Å². The summed E-state index contributed by atoms with van der Waals surface area (Å²) in [5, 5.41) is 3.49. The van der Waals surface area contributed by atoms with E-state index in [0.29, 0.717) is 25.3 Å². The molecule has 0 saturated carbocycles. The van der Waals surface area contributed by atoms with Gasteiger partial charge in [-0.25, -0.2) is 0 Å². The van der Waals surface area contributed by atoms with Gasteiger partial charge in [-0.3, -0.25) is 4.79 Å². The van der Waals surface area contributed by atoms with Gasteiger partial charge in [0.25, 0.3) is 5.91 Å². The highest BCUT2D eigenvalue weighted by atomic mass is 16.5. The zero-order valence-electron chi connectivity index (χ0n) is 15.0. The molecule has 1 unspecified atom stereocenters. The number of methoxy groups -OCH3 is 1. The summed E-state index contributed by atoms with van der Waals surface area (Å²) < 4.78 is 10.8. The van der Waals surface area contributed by atoms with Crippen LogP contribution in [0.1, 0.15) is 28.5 Å². The van der Waals surface area contributed by atoms with Crippen molar-refractivity contribution >= 4 is 11.6 Å². The minimum atomic E-state index is -0.249. The lowest BCUT2D eigenvalue weighted by Crippen LogP contribution is -2.43. The van der Waals surface area contributed by atoms with Crippen LogP contribution in [-0.2, 0) is 4.74 Å². The number of nitrogens with one attached hydrogen (secondary N) is 1. The molecule has 26 heavy (non-hydrogen) atoms. The van der Waals surface area contributed by atoms with Crippen LogP contribution in [0.3, 0.4) is 0 Å². The first-order valence-corrected chi connectivity index (χ1v) is 8.73. The first kappa shape index (κ1) is 18.0. The molecule has 0 bridgehead atoms. The summed E-state index contributed by atoms with van der Waals surface area (Å²) in [5.74, 6) is 0.783. The molecule has 0 aromatic heterocycles. The standard InChI is InChI=1S/C21H24N2O3/c1-3-13-26-17-9-6-8-16(15-17)20-22-19-11-5-4-10-18(19)21(24)23(20)12-7-14-25-2/h3-6,8-11,15,20,22H,1,7,12-14H2,2H3. The van der Waals surface area contributed by atoms with Gasteiger partial charge in [-0.2, -0.15) is 0 Å². The number of hydrogen-bond acceptors (Lipinski definition) is 4. The van der Waals surface area contributed by atoms with Crippen LogP contribution in [0.25, 0.3) is 0 Å². The maximum absolute atomic E-state index is 13.1. The molecular weight excluding hydrogens is 328 g/mol. The second-order valence-electron chi connectivity index (χ2n) is 6.11. The highest BCUT2D eigenvalue weighted by Gasteiger charge is 2.32. The van der Waals surface area contributed by atoms with Crippen molar-refractivity contribution in [3.05, 3.63) is 72.3 Å². The second kappa shape index (κ2) is 8.54. The third-order valence-corrected chi connectivity index (χ3v) is 4.31. The topological polar surface area (TPSA) is 50.8 Å². The minimum Gasteiger partial charge on any atom is -0.490 e. The number of hydrogen-bond donors (Lipinski definition) is 1. The molecule has 0 saturated heterocycles. The SMILES string of the molecule is C=CCOc1cccc(C2Nc3ccccc3C(=O)N2CCCOC)c1. The average molecular weight is 352 g/mol. The molecule has 0 spiro atoms. The highest BCUT2D eigenvalue weighted by Crippen LogP contribution is 2.34. The molecule has 1 aliphatic heterocycles. The van der Waals surface area contributed by atoms with Crippen molar-refractivity contribution in [2.45, 2.75) is 12.6 Å². The number of fused-ring (bicyclic) bond motifs is 1. The number of rotatable bonds is 8. The minimum absolute atomic E-state index is 0.0258. The predicted octanol–water partition coefficient (Wildman–Crippen LogP) is 3.85. The highest BCUT2D eigenvalue weighted by molar-refractivity contribution is 6.01. The molecule has 0 aliphatic carbocycles. The molecule has 0 fully saturated rings. The quantitative estimate of drug-likeness (QED) is 0.579. The van der Waals surface area contributed by atoms with Gasteiger partial charge in [-0.05, 0) is 36.2 Å². The van der Waals surface area contributed by atoms with Crippen molar-refractivity contribution in [1.29, 1.82) is 0 Å². The Labute approximate surface area is 154 Å². The van der Waals surface area contributed by atoms with Crippen LogP contribution in [0.15, 0.2) is 61.2 Å². The zero-order chi connectivity index (χ0) is 18.4. The maximum atomic E-state index is 13.1. The smallest absolute Gasteiger partial charge is 0.257 e. The molecule has 5 nitrogen and oxygen atoms in total. The number of amides is 1. The molecular formula is C21H24N2O3. The third-order valence-electron chi connectivity index (χ3n) is 4.31. The van der Waals surface area contributed by atoms with E-state index in [4.69, 9.17) is 9.47 Å². The zero-order valence-corrected chi connectivity index (χ0v) is 15.0. The van der Waals surface area contributed by atoms with E-state index in [1.54, 1.807) is 13.2 Å². The van der Waals surface area contributed by atoms with E-state index in [9.17, 15) is 4.79 Å². The first-order valence-electron chi connectivity index (χ1n) is 8.73. The number of carbonyl (C=O) groups is 1. The Hall–Kier alpha value is -2.79. The van der Waals surface area contributed by atoms with Crippen molar-refractivity contribution in [1.82, 2.24) is 4.90 Å². The van der Waals surface area contributed by atoms with Gasteiger partial charge in [0, 0.05) is 25.9 Å². The Morgan fingerprint density at radius 3 is 2.88 bits per heavy atom. The molecule has 2 aromatic rings. The molecule has 1 atom stereocenters. The number of benzene rings is 2. The van der Waals surface area contributed by atoms with Crippen LogP contribution < -0.4 is 10.1 Å². The van der Waals surface area contributed by atoms with E-state index in [1.165, 1.54) is 0 Å². The number of ether oxygens (including phenoxy) is 2. The van der Waals surface area contributed by atoms with Gasteiger partial charge in [0.05, 0.1) is 5.56 Å². The number of anilines is 1. The monoisotopic (exact) mass is 352 g/mol. The van der Waals surface area contributed by atoms with Crippen molar-refractivity contribution in [2.24, 2.45) is 0 Å². The van der Waals surface area contributed by atoms with Crippen LogP contribution in [0.5, 0.6) is 5.75 Å². The van der Waals surface area contributed by atoms with Gasteiger partial charge in [0.2, 0.25) is 0 Å². The summed E-state index contributed by atoms with van der Waals surface area (Å²) in [6.45, 7) is 5.34. The van der Waals surface area contributed by atoms with Crippen molar-refractivity contribution in [3.8, 4) is 5.75 Å². The Morgan fingerprint density at radius 1 is 1.23 bits per heavy atom. The predicted molar refractivity (Wildman–Crippen MR) is 102 cm³/mol. The average Bonchev–Trinajstić information content (AvgIpc) is 2.68. The largest absolute Gasteiger partial charge is 0.490 e. The van der Waals surface area contributed by atoms with E-state index < -0.39 is 0 Å². The molecule has 1 N–H and O–H groups in total. The molecule has 136 valence electrons. The maximum Gasteiger partial charge on any atom is 0.257 e. The summed E-state index contributed by atoms with van der Waals surface area (Å²) in [7, 11) is 1.67. The van der Waals surface area contributed by atoms with E-state index in [-0.39, 0.29) is 12.1 Å². The van der Waals surface area contributed by atoms with Crippen molar-refractivity contribution in [2.75, 3.05) is 32.2 Å². The lowest BCUT2D eigenvalue weighted by Gasteiger charge is -2.38. The Bertz CT molecular complexity index is 775. The van der Waals surface area contributed by atoms with E-state index in [2.05, 4.69) is 11.9 Å². The lowest BCUT2D eigenvalue weighted by molar-refractivity contribution is 0.0660. The van der Waals surface area contributed by atoms with E-state index in [0.717, 1.165) is 23.4 Å². The van der Waals surface area contributed by atoms with Crippen LogP contribution in [0.2, 0.25) is 0 Å². The lowest BCUT2D eigenvalue weighted by atomic mass is 10.0. The summed E-state index contributed by atoms with van der Waals surface area (Å²) in [6, 6.07) is 15.4. The van der Waals surface area contributed by atoms with E-state index >= 15 is 0 Å². The summed E-state index contributed by atoms with van der Waals surface area (Å²) in [4.78, 5) is 14.9. The van der Waals surface area contributed by atoms with E-state index in [1.807, 2.05) is 53.4 Å². The van der Waals surface area contributed by atoms with Crippen molar-refractivity contribution < 1.29 is 14.3 Å². The first-order chi connectivity index (χ1) is 12.7. The van der Waals surface area contributed by atoms with Gasteiger partial charge in [0.1, 0.15) is 18.5 Å². The fourth-order valence-electron chi connectivity index (χ4n) is 3.10. The molecule has 3 rings (SSSR count). The van der Waals surface area contributed by atoms with Gasteiger partial charge < -0.3 is 19.7 Å². The molecule has 5 heteroatoms. The van der Waals surface area contributed by atoms with Gasteiger partial charge >= 0.3 is 0 Å². The van der Waals surface area contributed by atoms with Crippen LogP contribution >= 0.6 is 0 Å². The molecule has 0 radical (unpaired) electrons. The van der Waals surface area contributed by atoms with Gasteiger partial charge in [-0.1, -0.05) is 36.9 Å².